The van der Waals surface area contributed by atoms with Crippen molar-refractivity contribution in [3.8, 4) is 5.75 Å². The topological polar surface area (TPSA) is 81.1 Å². The number of benzene rings is 2. The lowest BCUT2D eigenvalue weighted by Crippen LogP contribution is -2.41. The van der Waals surface area contributed by atoms with Crippen molar-refractivity contribution in [1.82, 2.24) is 14.9 Å². The van der Waals surface area contributed by atoms with Gasteiger partial charge in [-0.15, -0.1) is 10.2 Å². The Morgan fingerprint density at radius 1 is 1.29 bits per heavy atom. The third-order valence-electron chi connectivity index (χ3n) is 5.06. The minimum Gasteiger partial charge on any atom is -0.495 e. The molecule has 31 heavy (non-hydrogen) atoms. The van der Waals surface area contributed by atoms with Crippen molar-refractivity contribution < 1.29 is 9.53 Å². The zero-order chi connectivity index (χ0) is 22.0. The van der Waals surface area contributed by atoms with Gasteiger partial charge in [0, 0.05) is 12.1 Å². The minimum atomic E-state index is -0.476. The largest absolute Gasteiger partial charge is 0.495 e. The van der Waals surface area contributed by atoms with Crippen LogP contribution >= 0.6 is 23.4 Å². The number of thioether (sulfide) groups is 1. The highest BCUT2D eigenvalue weighted by Crippen LogP contribution is 2.39. The molecule has 2 heterocycles. The van der Waals surface area contributed by atoms with Gasteiger partial charge in [0.25, 0.3) is 0 Å². The van der Waals surface area contributed by atoms with Crippen molar-refractivity contribution in [3.05, 3.63) is 64.4 Å². The Morgan fingerprint density at radius 2 is 2.13 bits per heavy atom. The number of nitrogens with zero attached hydrogens (tertiary/aromatic N) is 3. The summed E-state index contributed by atoms with van der Waals surface area (Å²) in [5.41, 5.74) is 6.17. The van der Waals surface area contributed by atoms with Gasteiger partial charge in [-0.3, -0.25) is 4.79 Å². The molecule has 0 fully saturated rings. The lowest BCUT2D eigenvalue weighted by molar-refractivity contribution is -0.116. The number of nitrogens with one attached hydrogen (secondary N) is 2. The van der Waals surface area contributed by atoms with Crippen LogP contribution < -0.4 is 15.5 Å². The second-order valence-corrected chi connectivity index (χ2v) is 8.90. The lowest BCUT2D eigenvalue weighted by atomic mass is 10.0. The molecule has 7 nitrogen and oxygen atoms in total. The van der Waals surface area contributed by atoms with E-state index in [1.54, 1.807) is 7.11 Å². The predicted octanol–water partition coefficient (Wildman–Crippen LogP) is 4.60. The first-order chi connectivity index (χ1) is 15.0. The number of fused-ring (bicyclic) bond motifs is 1. The fraction of sp³-hybridized carbons (Fsp3) is 0.318. The van der Waals surface area contributed by atoms with E-state index < -0.39 is 5.25 Å². The van der Waals surface area contributed by atoms with Gasteiger partial charge in [0.1, 0.15) is 11.0 Å². The second-order valence-electron chi connectivity index (χ2n) is 7.38. The number of carbonyl (C=O) groups excluding carboxylic acids is 1. The van der Waals surface area contributed by atoms with Crippen LogP contribution in [-0.2, 0) is 11.2 Å². The molecule has 0 saturated carbocycles. The first kappa shape index (κ1) is 21.5. The lowest BCUT2D eigenvalue weighted by Gasteiger charge is -2.33. The van der Waals surface area contributed by atoms with E-state index in [1.165, 1.54) is 11.8 Å². The van der Waals surface area contributed by atoms with Gasteiger partial charge in [-0.05, 0) is 48.7 Å². The van der Waals surface area contributed by atoms with Crippen molar-refractivity contribution in [1.29, 1.82) is 0 Å². The maximum atomic E-state index is 13.3. The van der Waals surface area contributed by atoms with E-state index in [9.17, 15) is 4.79 Å². The number of amides is 1. The van der Waals surface area contributed by atoms with Crippen LogP contribution in [0.15, 0.2) is 47.6 Å². The van der Waals surface area contributed by atoms with Crippen LogP contribution in [0.1, 0.15) is 36.3 Å². The molecular formula is C22H24ClN5O2S. The highest BCUT2D eigenvalue weighted by Gasteiger charge is 2.38. The predicted molar refractivity (Wildman–Crippen MR) is 124 cm³/mol. The van der Waals surface area contributed by atoms with Gasteiger partial charge in [-0.2, -0.15) is 0 Å². The highest BCUT2D eigenvalue weighted by atomic mass is 35.5. The van der Waals surface area contributed by atoms with Gasteiger partial charge in [0.15, 0.2) is 5.82 Å². The molecule has 4 rings (SSSR count). The molecule has 1 aliphatic heterocycles. The first-order valence-electron chi connectivity index (χ1n) is 10.1. The summed E-state index contributed by atoms with van der Waals surface area (Å²) in [5.74, 6) is 1.31. The number of carbonyl (C=O) groups is 1. The zero-order valence-corrected chi connectivity index (χ0v) is 19.1. The van der Waals surface area contributed by atoms with Crippen LogP contribution in [0.3, 0.4) is 0 Å². The fourth-order valence-corrected chi connectivity index (χ4v) is 4.91. The smallest absolute Gasteiger partial charge is 0.240 e. The van der Waals surface area contributed by atoms with Gasteiger partial charge >= 0.3 is 0 Å². The molecule has 9 heteroatoms. The van der Waals surface area contributed by atoms with Crippen molar-refractivity contribution in [3.63, 3.8) is 0 Å². The van der Waals surface area contributed by atoms with Crippen molar-refractivity contribution in [2.24, 2.45) is 0 Å². The van der Waals surface area contributed by atoms with Crippen molar-refractivity contribution in [2.45, 2.75) is 43.1 Å². The average Bonchev–Trinajstić information content (AvgIpc) is 3.15. The number of rotatable bonds is 6. The van der Waals surface area contributed by atoms with Crippen LogP contribution in [-0.4, -0.2) is 33.1 Å². The van der Waals surface area contributed by atoms with E-state index in [-0.39, 0.29) is 11.9 Å². The molecule has 0 saturated heterocycles. The molecule has 2 aromatic carbocycles. The van der Waals surface area contributed by atoms with Crippen LogP contribution in [0.4, 0.5) is 5.69 Å². The Hall–Kier alpha value is -2.71. The Bertz CT molecular complexity index is 1100. The van der Waals surface area contributed by atoms with Crippen LogP contribution in [0.5, 0.6) is 5.75 Å². The van der Waals surface area contributed by atoms with E-state index >= 15 is 0 Å². The van der Waals surface area contributed by atoms with Crippen LogP contribution in [0.2, 0.25) is 5.02 Å². The molecule has 0 radical (unpaired) electrons. The first-order valence-corrected chi connectivity index (χ1v) is 11.3. The molecule has 0 unspecified atom stereocenters. The summed E-state index contributed by atoms with van der Waals surface area (Å²) < 4.78 is 7.17. The maximum absolute atomic E-state index is 13.3. The summed E-state index contributed by atoms with van der Waals surface area (Å²) in [4.78, 5) is 13.3. The number of ether oxygens (including phenoxy) is 1. The molecule has 2 N–H and O–H groups in total. The van der Waals surface area contributed by atoms with Gasteiger partial charge in [0.2, 0.25) is 11.1 Å². The molecular weight excluding hydrogens is 434 g/mol. The molecule has 1 aromatic heterocycles. The van der Waals surface area contributed by atoms with E-state index in [0.29, 0.717) is 15.9 Å². The standard InChI is InChI=1S/C22H24ClN5O2S/c1-4-6-18-25-26-22-28(18)27-19(14-9-10-17(30-3)16(23)12-14)20(31-22)21(29)24-15-8-5-7-13(2)11-15/h5,7-12,19-20,27H,4,6H2,1-3H3,(H,24,29)/t19-,20-/m0/s1. The van der Waals surface area contributed by atoms with Crippen LogP contribution in [0, 0.1) is 6.92 Å². The number of aromatic nitrogens is 3. The van der Waals surface area contributed by atoms with Gasteiger partial charge in [-0.1, -0.05) is 48.5 Å². The molecule has 0 bridgehead atoms. The molecule has 2 atom stereocenters. The summed E-state index contributed by atoms with van der Waals surface area (Å²) in [6.07, 6.45) is 1.73. The van der Waals surface area contributed by atoms with Gasteiger partial charge in [-0.25, -0.2) is 4.68 Å². The normalized spacial score (nSPS) is 17.5. The summed E-state index contributed by atoms with van der Waals surface area (Å²) in [5, 5.41) is 12.3. The Labute approximate surface area is 190 Å². The number of anilines is 1. The number of halogens is 1. The molecule has 1 amide bonds. The highest BCUT2D eigenvalue weighted by molar-refractivity contribution is 8.00. The van der Waals surface area contributed by atoms with Gasteiger partial charge in [0.05, 0.1) is 18.2 Å². The molecule has 0 spiro atoms. The molecule has 3 aromatic rings. The Morgan fingerprint density at radius 3 is 2.84 bits per heavy atom. The van der Waals surface area contributed by atoms with E-state index in [1.807, 2.05) is 54.1 Å². The molecule has 0 aliphatic carbocycles. The van der Waals surface area contributed by atoms with E-state index in [0.717, 1.165) is 35.5 Å². The van der Waals surface area contributed by atoms with Crippen LogP contribution in [0.25, 0.3) is 0 Å². The number of hydrogen-bond donors (Lipinski definition) is 2. The zero-order valence-electron chi connectivity index (χ0n) is 17.6. The van der Waals surface area contributed by atoms with Crippen molar-refractivity contribution >= 4 is 35.0 Å². The monoisotopic (exact) mass is 457 g/mol. The summed E-state index contributed by atoms with van der Waals surface area (Å²) in [6.45, 7) is 4.09. The average molecular weight is 458 g/mol. The van der Waals surface area contributed by atoms with Crippen molar-refractivity contribution in [2.75, 3.05) is 17.9 Å². The molecule has 162 valence electrons. The van der Waals surface area contributed by atoms with E-state index in [4.69, 9.17) is 16.3 Å². The third kappa shape index (κ3) is 4.50. The number of hydrogen-bond acceptors (Lipinski definition) is 6. The van der Waals surface area contributed by atoms with E-state index in [2.05, 4.69) is 27.9 Å². The van der Waals surface area contributed by atoms with Gasteiger partial charge < -0.3 is 15.5 Å². The number of aryl methyl sites for hydroxylation is 2. The SMILES string of the molecule is CCCc1nnc2n1N[C@@H](c1ccc(OC)c(Cl)c1)[C@@H](C(=O)Nc1cccc(C)c1)S2. The Balaban J connectivity index is 1.69. The summed E-state index contributed by atoms with van der Waals surface area (Å²) >= 11 is 7.79. The Kier molecular flexibility index (Phi) is 6.38. The number of methoxy groups -OCH3 is 1. The summed E-state index contributed by atoms with van der Waals surface area (Å²) in [6, 6.07) is 13.0. The summed E-state index contributed by atoms with van der Waals surface area (Å²) in [7, 11) is 1.58. The fourth-order valence-electron chi connectivity index (χ4n) is 3.55. The minimum absolute atomic E-state index is 0.119. The third-order valence-corrected chi connectivity index (χ3v) is 6.57. The quantitative estimate of drug-likeness (QED) is 0.563. The second kappa shape index (κ2) is 9.20. The maximum Gasteiger partial charge on any atom is 0.240 e. The molecule has 1 aliphatic rings.